The van der Waals surface area contributed by atoms with Gasteiger partial charge in [0.2, 0.25) is 0 Å². The number of benzene rings is 1. The standard InChI is InChI=1S/C15H20F3NO/c1-3-9-19-11-12(4-2)10-13-5-7-14(8-6-13)20-15(16,17)18/h5-8,10,19H,3-4,9,11H2,1-2H3. The van der Waals surface area contributed by atoms with E-state index in [1.54, 1.807) is 12.1 Å². The van der Waals surface area contributed by atoms with Gasteiger partial charge >= 0.3 is 6.36 Å². The maximum atomic E-state index is 12.0. The lowest BCUT2D eigenvalue weighted by Crippen LogP contribution is -2.17. The molecular formula is C15H20F3NO. The number of ether oxygens (including phenoxy) is 1. The van der Waals surface area contributed by atoms with Crippen molar-refractivity contribution in [1.82, 2.24) is 5.32 Å². The number of hydrogen-bond acceptors (Lipinski definition) is 2. The lowest BCUT2D eigenvalue weighted by Gasteiger charge is -2.09. The van der Waals surface area contributed by atoms with Crippen LogP contribution < -0.4 is 10.1 Å². The number of hydrogen-bond donors (Lipinski definition) is 1. The molecule has 0 amide bonds. The lowest BCUT2D eigenvalue weighted by atomic mass is 10.1. The Bertz CT molecular complexity index is 424. The molecule has 1 rings (SSSR count). The molecule has 0 aliphatic heterocycles. The van der Waals surface area contributed by atoms with Crippen LogP contribution in [-0.2, 0) is 0 Å². The highest BCUT2D eigenvalue weighted by Crippen LogP contribution is 2.23. The van der Waals surface area contributed by atoms with Gasteiger partial charge < -0.3 is 10.1 Å². The van der Waals surface area contributed by atoms with Crippen molar-refractivity contribution in [3.05, 3.63) is 35.4 Å². The van der Waals surface area contributed by atoms with Crippen LogP contribution in [0, 0.1) is 0 Å². The Balaban J connectivity index is 2.66. The third-order valence-corrected chi connectivity index (χ3v) is 2.72. The van der Waals surface area contributed by atoms with Crippen LogP contribution >= 0.6 is 0 Å². The SMILES string of the molecule is CCCNCC(=Cc1ccc(OC(F)(F)F)cc1)CC. The van der Waals surface area contributed by atoms with E-state index in [1.807, 2.05) is 6.08 Å². The third-order valence-electron chi connectivity index (χ3n) is 2.72. The maximum absolute atomic E-state index is 12.0. The molecule has 0 bridgehead atoms. The number of alkyl halides is 3. The molecule has 0 heterocycles. The van der Waals surface area contributed by atoms with Crippen molar-refractivity contribution in [1.29, 1.82) is 0 Å². The Morgan fingerprint density at radius 3 is 2.35 bits per heavy atom. The van der Waals surface area contributed by atoms with E-state index < -0.39 is 6.36 Å². The van der Waals surface area contributed by atoms with Crippen molar-refractivity contribution in [2.45, 2.75) is 33.1 Å². The first-order valence-corrected chi connectivity index (χ1v) is 6.70. The molecule has 0 atom stereocenters. The van der Waals surface area contributed by atoms with Gasteiger partial charge in [0.15, 0.2) is 0 Å². The largest absolute Gasteiger partial charge is 0.573 e. The van der Waals surface area contributed by atoms with E-state index in [9.17, 15) is 13.2 Å². The zero-order valence-corrected chi connectivity index (χ0v) is 11.8. The van der Waals surface area contributed by atoms with Gasteiger partial charge in [0.25, 0.3) is 0 Å². The van der Waals surface area contributed by atoms with Gasteiger partial charge in [-0.3, -0.25) is 0 Å². The van der Waals surface area contributed by atoms with Crippen LogP contribution in [0.1, 0.15) is 32.3 Å². The molecule has 0 unspecified atom stereocenters. The summed E-state index contributed by atoms with van der Waals surface area (Å²) in [4.78, 5) is 0. The lowest BCUT2D eigenvalue weighted by molar-refractivity contribution is -0.274. The summed E-state index contributed by atoms with van der Waals surface area (Å²) >= 11 is 0. The van der Waals surface area contributed by atoms with E-state index in [0.29, 0.717) is 0 Å². The van der Waals surface area contributed by atoms with E-state index in [-0.39, 0.29) is 5.75 Å². The summed E-state index contributed by atoms with van der Waals surface area (Å²) in [6.07, 6.45) is -0.686. The smallest absolute Gasteiger partial charge is 0.406 e. The Morgan fingerprint density at radius 1 is 1.20 bits per heavy atom. The van der Waals surface area contributed by atoms with Gasteiger partial charge in [0.05, 0.1) is 0 Å². The Hall–Kier alpha value is -1.49. The molecule has 2 nitrogen and oxygen atoms in total. The average molecular weight is 287 g/mol. The minimum atomic E-state index is -4.64. The van der Waals surface area contributed by atoms with Crippen LogP contribution in [0.25, 0.3) is 6.08 Å². The molecule has 0 aromatic heterocycles. The summed E-state index contributed by atoms with van der Waals surface area (Å²) in [5.74, 6) is -0.197. The van der Waals surface area contributed by atoms with Crippen LogP contribution in [0.3, 0.4) is 0 Å². The predicted octanol–water partition coefficient (Wildman–Crippen LogP) is 4.38. The second-order valence-corrected chi connectivity index (χ2v) is 4.45. The van der Waals surface area contributed by atoms with Gasteiger partial charge in [0, 0.05) is 6.54 Å². The zero-order valence-electron chi connectivity index (χ0n) is 11.8. The van der Waals surface area contributed by atoms with E-state index >= 15 is 0 Å². The van der Waals surface area contributed by atoms with Gasteiger partial charge in [0.1, 0.15) is 5.75 Å². The van der Waals surface area contributed by atoms with Crippen molar-refractivity contribution in [3.63, 3.8) is 0 Å². The Kier molecular flexibility index (Phi) is 6.58. The molecule has 0 fully saturated rings. The molecule has 1 aromatic carbocycles. The van der Waals surface area contributed by atoms with Crippen LogP contribution in [0.2, 0.25) is 0 Å². The van der Waals surface area contributed by atoms with Gasteiger partial charge in [-0.25, -0.2) is 0 Å². The van der Waals surface area contributed by atoms with Crippen LogP contribution in [-0.4, -0.2) is 19.5 Å². The fraction of sp³-hybridized carbons (Fsp3) is 0.467. The fourth-order valence-corrected chi connectivity index (χ4v) is 1.71. The monoisotopic (exact) mass is 287 g/mol. The fourth-order valence-electron chi connectivity index (χ4n) is 1.71. The minimum absolute atomic E-state index is 0.197. The van der Waals surface area contributed by atoms with E-state index in [0.717, 1.165) is 31.5 Å². The summed E-state index contributed by atoms with van der Waals surface area (Å²) in [6, 6.07) is 5.89. The molecular weight excluding hydrogens is 267 g/mol. The third kappa shape index (κ3) is 6.61. The highest BCUT2D eigenvalue weighted by atomic mass is 19.4. The number of rotatable bonds is 7. The Labute approximate surface area is 117 Å². The Morgan fingerprint density at radius 2 is 1.85 bits per heavy atom. The molecule has 0 saturated heterocycles. The van der Waals surface area contributed by atoms with Gasteiger partial charge in [-0.15, -0.1) is 13.2 Å². The highest BCUT2D eigenvalue weighted by molar-refractivity contribution is 5.54. The molecule has 0 saturated carbocycles. The quantitative estimate of drug-likeness (QED) is 0.751. The second kappa shape index (κ2) is 7.94. The van der Waals surface area contributed by atoms with Gasteiger partial charge in [-0.05, 0) is 37.1 Å². The summed E-state index contributed by atoms with van der Waals surface area (Å²) in [7, 11) is 0. The molecule has 1 aromatic rings. The predicted molar refractivity (Wildman–Crippen MR) is 74.6 cm³/mol. The molecule has 0 aliphatic rings. The highest BCUT2D eigenvalue weighted by Gasteiger charge is 2.30. The number of halogens is 3. The second-order valence-electron chi connectivity index (χ2n) is 4.45. The summed E-state index contributed by atoms with van der Waals surface area (Å²) in [5, 5.41) is 3.31. The molecule has 1 N–H and O–H groups in total. The van der Waals surface area contributed by atoms with Crippen molar-refractivity contribution >= 4 is 6.08 Å². The number of nitrogens with one attached hydrogen (secondary N) is 1. The van der Waals surface area contributed by atoms with Crippen molar-refractivity contribution in [2.75, 3.05) is 13.1 Å². The van der Waals surface area contributed by atoms with E-state index in [1.165, 1.54) is 17.7 Å². The topological polar surface area (TPSA) is 21.3 Å². The molecule has 5 heteroatoms. The maximum Gasteiger partial charge on any atom is 0.573 e. The van der Waals surface area contributed by atoms with Crippen molar-refractivity contribution in [2.24, 2.45) is 0 Å². The first-order valence-electron chi connectivity index (χ1n) is 6.70. The van der Waals surface area contributed by atoms with E-state index in [4.69, 9.17) is 0 Å². The van der Waals surface area contributed by atoms with Crippen LogP contribution in [0.5, 0.6) is 5.75 Å². The molecule has 0 spiro atoms. The minimum Gasteiger partial charge on any atom is -0.406 e. The zero-order chi connectivity index (χ0) is 15.0. The van der Waals surface area contributed by atoms with Crippen molar-refractivity contribution in [3.8, 4) is 5.75 Å². The summed E-state index contributed by atoms with van der Waals surface area (Å²) < 4.78 is 39.9. The van der Waals surface area contributed by atoms with Crippen molar-refractivity contribution < 1.29 is 17.9 Å². The normalized spacial score (nSPS) is 12.6. The first-order chi connectivity index (χ1) is 9.44. The molecule has 0 aliphatic carbocycles. The summed E-state index contributed by atoms with van der Waals surface area (Å²) in [6.45, 7) is 5.91. The van der Waals surface area contributed by atoms with Gasteiger partial charge in [-0.1, -0.05) is 37.6 Å². The van der Waals surface area contributed by atoms with Crippen LogP contribution in [0.4, 0.5) is 13.2 Å². The van der Waals surface area contributed by atoms with Crippen LogP contribution in [0.15, 0.2) is 29.8 Å². The summed E-state index contributed by atoms with van der Waals surface area (Å²) in [5.41, 5.74) is 2.08. The van der Waals surface area contributed by atoms with E-state index in [2.05, 4.69) is 23.9 Å². The first kappa shape index (κ1) is 16.6. The van der Waals surface area contributed by atoms with Gasteiger partial charge in [-0.2, -0.15) is 0 Å². The molecule has 112 valence electrons. The average Bonchev–Trinajstić information content (AvgIpc) is 2.38. The molecule has 20 heavy (non-hydrogen) atoms. The molecule has 0 radical (unpaired) electrons.